The Morgan fingerprint density at radius 1 is 1.33 bits per heavy atom. The number of aliphatic hydroxyl groups excluding tert-OH is 1. The van der Waals surface area contributed by atoms with Crippen LogP contribution < -0.4 is 10.1 Å². The van der Waals surface area contributed by atoms with Gasteiger partial charge in [0.05, 0.1) is 19.8 Å². The molecule has 0 aliphatic heterocycles. The molecule has 3 nitrogen and oxygen atoms in total. The topological polar surface area (TPSA) is 41.5 Å². The normalized spacial score (nSPS) is 16.1. The largest absolute Gasteiger partial charge is 0.497 e. The van der Waals surface area contributed by atoms with Crippen molar-refractivity contribution in [2.45, 2.75) is 39.3 Å². The van der Waals surface area contributed by atoms with Gasteiger partial charge in [0.15, 0.2) is 0 Å². The number of nitrogens with one attached hydrogen (secondary N) is 1. The highest BCUT2D eigenvalue weighted by Gasteiger charge is 2.17. The monoisotopic (exact) mass is 251 g/mol. The number of methoxy groups -OCH3 is 1. The lowest BCUT2D eigenvalue weighted by molar-refractivity contribution is 0.221. The van der Waals surface area contributed by atoms with Crippen LogP contribution in [0.5, 0.6) is 5.75 Å². The summed E-state index contributed by atoms with van der Waals surface area (Å²) >= 11 is 0. The van der Waals surface area contributed by atoms with Gasteiger partial charge in [-0.25, -0.2) is 0 Å². The number of hydrogen-bond acceptors (Lipinski definition) is 3. The van der Waals surface area contributed by atoms with Crippen LogP contribution in [-0.4, -0.2) is 24.9 Å². The first-order valence-corrected chi connectivity index (χ1v) is 6.63. The van der Waals surface area contributed by atoms with Crippen LogP contribution in [0.25, 0.3) is 0 Å². The Hall–Kier alpha value is -1.06. The minimum Gasteiger partial charge on any atom is -0.497 e. The summed E-state index contributed by atoms with van der Waals surface area (Å²) < 4.78 is 5.21. The van der Waals surface area contributed by atoms with Crippen LogP contribution in [0, 0.1) is 5.92 Å². The lowest BCUT2D eigenvalue weighted by Gasteiger charge is -2.26. The predicted molar refractivity (Wildman–Crippen MR) is 74.9 cm³/mol. The van der Waals surface area contributed by atoms with E-state index in [2.05, 4.69) is 26.1 Å². The second-order valence-corrected chi connectivity index (χ2v) is 4.85. The number of ether oxygens (including phenoxy) is 1. The summed E-state index contributed by atoms with van der Waals surface area (Å²) in [4.78, 5) is 0. The van der Waals surface area contributed by atoms with Crippen LogP contribution >= 0.6 is 0 Å². The quantitative estimate of drug-likeness (QED) is 0.783. The van der Waals surface area contributed by atoms with E-state index in [1.165, 1.54) is 0 Å². The lowest BCUT2D eigenvalue weighted by atomic mass is 9.98. The molecule has 0 aliphatic rings. The summed E-state index contributed by atoms with van der Waals surface area (Å²) in [6.45, 7) is 6.66. The molecule has 3 atom stereocenters. The fourth-order valence-corrected chi connectivity index (χ4v) is 1.95. The Morgan fingerprint density at radius 2 is 2.06 bits per heavy atom. The number of aliphatic hydroxyl groups is 1. The molecule has 0 heterocycles. The molecular formula is C15H25NO2. The molecule has 0 radical (unpaired) electrons. The van der Waals surface area contributed by atoms with Gasteiger partial charge >= 0.3 is 0 Å². The first-order valence-electron chi connectivity index (χ1n) is 6.63. The molecular weight excluding hydrogens is 226 g/mol. The number of hydrogen-bond donors (Lipinski definition) is 2. The van der Waals surface area contributed by atoms with Gasteiger partial charge in [0.1, 0.15) is 5.75 Å². The Kier molecular flexibility index (Phi) is 6.16. The third-order valence-corrected chi connectivity index (χ3v) is 3.64. The van der Waals surface area contributed by atoms with Gasteiger partial charge in [0, 0.05) is 6.04 Å². The second-order valence-electron chi connectivity index (χ2n) is 4.85. The van der Waals surface area contributed by atoms with E-state index in [0.717, 1.165) is 17.7 Å². The third-order valence-electron chi connectivity index (χ3n) is 3.64. The van der Waals surface area contributed by atoms with Crippen molar-refractivity contribution in [2.24, 2.45) is 5.92 Å². The van der Waals surface area contributed by atoms with E-state index in [1.54, 1.807) is 7.11 Å². The zero-order valence-corrected chi connectivity index (χ0v) is 11.8. The van der Waals surface area contributed by atoms with Crippen LogP contribution in [0.2, 0.25) is 0 Å². The van der Waals surface area contributed by atoms with Crippen molar-refractivity contribution >= 4 is 0 Å². The minimum absolute atomic E-state index is 0.0379. The van der Waals surface area contributed by atoms with Crippen molar-refractivity contribution in [2.75, 3.05) is 13.7 Å². The highest BCUT2D eigenvalue weighted by molar-refractivity contribution is 5.30. The first-order chi connectivity index (χ1) is 8.62. The molecule has 0 aromatic heterocycles. The van der Waals surface area contributed by atoms with E-state index in [-0.39, 0.29) is 12.6 Å². The Bertz CT molecular complexity index is 354. The van der Waals surface area contributed by atoms with Gasteiger partial charge in [-0.15, -0.1) is 0 Å². The predicted octanol–water partition coefficient (Wildman–Crippen LogP) is 2.75. The zero-order chi connectivity index (χ0) is 13.5. The van der Waals surface area contributed by atoms with Gasteiger partial charge in [0.25, 0.3) is 0 Å². The molecule has 0 aliphatic carbocycles. The van der Waals surface area contributed by atoms with Crippen LogP contribution in [0.3, 0.4) is 0 Å². The number of benzene rings is 1. The van der Waals surface area contributed by atoms with Crippen molar-refractivity contribution in [1.29, 1.82) is 0 Å². The van der Waals surface area contributed by atoms with E-state index >= 15 is 0 Å². The van der Waals surface area contributed by atoms with E-state index in [4.69, 9.17) is 4.74 Å². The Balaban J connectivity index is 2.76. The van der Waals surface area contributed by atoms with Gasteiger partial charge in [-0.2, -0.15) is 0 Å². The van der Waals surface area contributed by atoms with Crippen molar-refractivity contribution in [3.05, 3.63) is 29.8 Å². The molecule has 2 N–H and O–H groups in total. The average molecular weight is 251 g/mol. The molecule has 102 valence electrons. The molecule has 1 rings (SSSR count). The summed E-state index contributed by atoms with van der Waals surface area (Å²) in [5.41, 5.74) is 1.06. The Morgan fingerprint density at radius 3 is 2.61 bits per heavy atom. The molecule has 3 heteroatoms. The molecule has 1 aromatic carbocycles. The third kappa shape index (κ3) is 4.00. The summed E-state index contributed by atoms with van der Waals surface area (Å²) in [5.74, 6) is 1.41. The van der Waals surface area contributed by atoms with Gasteiger partial charge in [0.2, 0.25) is 0 Å². The molecule has 18 heavy (non-hydrogen) atoms. The lowest BCUT2D eigenvalue weighted by Crippen LogP contribution is -2.36. The van der Waals surface area contributed by atoms with E-state index in [1.807, 2.05) is 24.3 Å². The zero-order valence-electron chi connectivity index (χ0n) is 11.8. The molecule has 0 amide bonds. The molecule has 0 fully saturated rings. The maximum Gasteiger partial charge on any atom is 0.119 e. The second kappa shape index (κ2) is 7.39. The summed E-state index contributed by atoms with van der Waals surface area (Å²) in [7, 11) is 1.66. The van der Waals surface area contributed by atoms with Crippen molar-refractivity contribution in [3.63, 3.8) is 0 Å². The van der Waals surface area contributed by atoms with Crippen LogP contribution in [0.1, 0.15) is 38.8 Å². The smallest absolute Gasteiger partial charge is 0.119 e. The molecule has 3 unspecified atom stereocenters. The summed E-state index contributed by atoms with van der Waals surface area (Å²) in [5, 5.41) is 13.0. The SMILES string of the molecule is CCC(C)C(C)NC(CO)c1cccc(OC)c1. The fraction of sp³-hybridized carbons (Fsp3) is 0.600. The van der Waals surface area contributed by atoms with Gasteiger partial charge in [-0.05, 0) is 30.5 Å². The summed E-state index contributed by atoms with van der Waals surface area (Å²) in [6.07, 6.45) is 1.13. The fourth-order valence-electron chi connectivity index (χ4n) is 1.95. The highest BCUT2D eigenvalue weighted by Crippen LogP contribution is 2.20. The van der Waals surface area contributed by atoms with Crippen molar-refractivity contribution < 1.29 is 9.84 Å². The van der Waals surface area contributed by atoms with Gasteiger partial charge < -0.3 is 15.2 Å². The molecule has 1 aromatic rings. The maximum atomic E-state index is 9.54. The molecule has 0 bridgehead atoms. The molecule has 0 spiro atoms. The highest BCUT2D eigenvalue weighted by atomic mass is 16.5. The minimum atomic E-state index is -0.0379. The summed E-state index contributed by atoms with van der Waals surface area (Å²) in [6, 6.07) is 8.18. The van der Waals surface area contributed by atoms with Gasteiger partial charge in [-0.3, -0.25) is 0 Å². The van der Waals surface area contributed by atoms with Crippen LogP contribution in [0.4, 0.5) is 0 Å². The molecule has 0 saturated heterocycles. The maximum absolute atomic E-state index is 9.54. The van der Waals surface area contributed by atoms with E-state index < -0.39 is 0 Å². The van der Waals surface area contributed by atoms with E-state index in [0.29, 0.717) is 12.0 Å². The average Bonchev–Trinajstić information content (AvgIpc) is 2.43. The van der Waals surface area contributed by atoms with Gasteiger partial charge in [-0.1, -0.05) is 32.4 Å². The van der Waals surface area contributed by atoms with E-state index in [9.17, 15) is 5.11 Å². The first kappa shape index (κ1) is 15.0. The standard InChI is InChI=1S/C15H25NO2/c1-5-11(2)12(3)16-15(10-17)13-7-6-8-14(9-13)18-4/h6-9,11-12,15-17H,5,10H2,1-4H3. The Labute approximate surface area is 110 Å². The molecule has 0 saturated carbocycles. The van der Waals surface area contributed by atoms with Crippen molar-refractivity contribution in [1.82, 2.24) is 5.32 Å². The van der Waals surface area contributed by atoms with Crippen LogP contribution in [0.15, 0.2) is 24.3 Å². The van der Waals surface area contributed by atoms with Crippen LogP contribution in [-0.2, 0) is 0 Å². The number of rotatable bonds is 7. The van der Waals surface area contributed by atoms with Crippen molar-refractivity contribution in [3.8, 4) is 5.75 Å².